The second-order valence-electron chi connectivity index (χ2n) is 10.8. The first-order valence-corrected chi connectivity index (χ1v) is 14.6. The maximum absolute atomic E-state index is 13.4. The smallest absolute Gasteiger partial charge is 0.326 e. The molecule has 11 N–H and O–H groups in total. The summed E-state index contributed by atoms with van der Waals surface area (Å²) in [5.41, 5.74) is 14.0. The number of amides is 3. The Hall–Kier alpha value is -4.95. The molecule has 4 unspecified atom stereocenters. The SMILES string of the molecule is NCCCCC(NC(=O)C(CCC(=O)O)NC(=O)C(N)Cc1c[nH]c2ccccc12)C(=O)NC(Cc1ccc(O)cc1)C(=O)O. The van der Waals surface area contributed by atoms with Gasteiger partial charge in [0.15, 0.2) is 0 Å². The number of nitrogens with two attached hydrogens (primary N) is 2. The monoisotopic (exact) mass is 624 g/mol. The molecule has 0 spiro atoms. The van der Waals surface area contributed by atoms with Gasteiger partial charge in [-0.2, -0.15) is 0 Å². The standard InChI is InChI=1S/C31H40N6O8/c32-14-4-3-7-24(29(42)37-26(31(44)45)15-18-8-10-20(38)11-9-18)36-30(43)25(12-13-27(39)40)35-28(41)22(33)16-19-17-34-23-6-2-1-5-21(19)23/h1-2,5-6,8-11,17,22,24-26,34,38H,3-4,7,12-16,32-33H2,(H,35,41)(H,36,43)(H,37,42)(H,39,40)(H,44,45). The van der Waals surface area contributed by atoms with Crippen molar-refractivity contribution in [1.82, 2.24) is 20.9 Å². The van der Waals surface area contributed by atoms with Gasteiger partial charge >= 0.3 is 11.9 Å². The van der Waals surface area contributed by atoms with Crippen LogP contribution < -0.4 is 27.4 Å². The van der Waals surface area contributed by atoms with Crippen LogP contribution in [-0.2, 0) is 36.8 Å². The molecular formula is C31H40N6O8. The van der Waals surface area contributed by atoms with Crippen LogP contribution in [0.5, 0.6) is 5.75 Å². The summed E-state index contributed by atoms with van der Waals surface area (Å²) >= 11 is 0. The van der Waals surface area contributed by atoms with Gasteiger partial charge in [-0.1, -0.05) is 30.3 Å². The van der Waals surface area contributed by atoms with Crippen LogP contribution in [0, 0.1) is 0 Å². The van der Waals surface area contributed by atoms with E-state index in [0.29, 0.717) is 24.9 Å². The average molecular weight is 625 g/mol. The summed E-state index contributed by atoms with van der Waals surface area (Å²) in [6.07, 6.45) is 2.13. The third kappa shape index (κ3) is 10.6. The van der Waals surface area contributed by atoms with E-state index in [4.69, 9.17) is 11.5 Å². The predicted molar refractivity (Wildman–Crippen MR) is 165 cm³/mol. The van der Waals surface area contributed by atoms with Gasteiger partial charge in [-0.15, -0.1) is 0 Å². The Morgan fingerprint density at radius 1 is 0.778 bits per heavy atom. The molecule has 0 aliphatic heterocycles. The molecule has 0 fully saturated rings. The van der Waals surface area contributed by atoms with Crippen LogP contribution in [0.3, 0.4) is 0 Å². The van der Waals surface area contributed by atoms with Gasteiger partial charge in [0.05, 0.1) is 6.04 Å². The number of hydrogen-bond donors (Lipinski definition) is 9. The maximum Gasteiger partial charge on any atom is 0.326 e. The van der Waals surface area contributed by atoms with E-state index >= 15 is 0 Å². The van der Waals surface area contributed by atoms with E-state index in [1.165, 1.54) is 24.3 Å². The van der Waals surface area contributed by atoms with Crippen molar-refractivity contribution in [2.75, 3.05) is 6.54 Å². The Balaban J connectivity index is 1.72. The number of aliphatic carboxylic acids is 2. The number of phenolic OH excluding ortho intramolecular Hbond substituents is 1. The number of carboxylic acids is 2. The Kier molecular flexibility index (Phi) is 12.9. The number of H-pyrrole nitrogens is 1. The molecule has 0 bridgehead atoms. The number of phenols is 1. The number of fused-ring (bicyclic) bond motifs is 1. The molecule has 2 aromatic carbocycles. The quantitative estimate of drug-likeness (QED) is 0.0887. The molecule has 0 aliphatic rings. The van der Waals surface area contributed by atoms with Crippen LogP contribution in [0.25, 0.3) is 10.9 Å². The number of nitrogens with one attached hydrogen (secondary N) is 4. The first-order valence-electron chi connectivity index (χ1n) is 14.6. The molecule has 14 nitrogen and oxygen atoms in total. The van der Waals surface area contributed by atoms with Gasteiger partial charge in [0, 0.05) is 29.9 Å². The first kappa shape index (κ1) is 34.5. The topological polar surface area (TPSA) is 250 Å². The average Bonchev–Trinajstić information content (AvgIpc) is 3.41. The highest BCUT2D eigenvalue weighted by Gasteiger charge is 2.31. The lowest BCUT2D eigenvalue weighted by atomic mass is 10.0. The van der Waals surface area contributed by atoms with Crippen molar-refractivity contribution >= 4 is 40.6 Å². The number of benzene rings is 2. The highest BCUT2D eigenvalue weighted by atomic mass is 16.4. The van der Waals surface area contributed by atoms with Crippen LogP contribution in [0.4, 0.5) is 0 Å². The number of aromatic hydroxyl groups is 1. The second kappa shape index (κ2) is 16.8. The summed E-state index contributed by atoms with van der Waals surface area (Å²) in [6, 6.07) is 8.36. The zero-order chi connectivity index (χ0) is 32.9. The maximum atomic E-state index is 13.4. The minimum atomic E-state index is -1.35. The van der Waals surface area contributed by atoms with Crippen molar-refractivity contribution in [3.8, 4) is 5.75 Å². The third-order valence-electron chi connectivity index (χ3n) is 7.30. The molecule has 1 heterocycles. The molecule has 3 aromatic rings. The molecule has 14 heteroatoms. The fraction of sp³-hybridized carbons (Fsp3) is 0.387. The van der Waals surface area contributed by atoms with Crippen LogP contribution >= 0.6 is 0 Å². The molecular weight excluding hydrogens is 584 g/mol. The van der Waals surface area contributed by atoms with Crippen LogP contribution in [0.2, 0.25) is 0 Å². The molecule has 0 saturated carbocycles. The van der Waals surface area contributed by atoms with Crippen molar-refractivity contribution in [2.24, 2.45) is 11.5 Å². The number of unbranched alkanes of at least 4 members (excludes halogenated alkanes) is 1. The molecule has 45 heavy (non-hydrogen) atoms. The summed E-state index contributed by atoms with van der Waals surface area (Å²) in [4.78, 5) is 66.1. The minimum Gasteiger partial charge on any atom is -0.508 e. The second-order valence-corrected chi connectivity index (χ2v) is 10.8. The lowest BCUT2D eigenvalue weighted by Gasteiger charge is -2.25. The number of hydrogen-bond acceptors (Lipinski definition) is 8. The molecule has 242 valence electrons. The van der Waals surface area contributed by atoms with Gasteiger partial charge in [0.25, 0.3) is 0 Å². The predicted octanol–water partition coefficient (Wildman–Crippen LogP) is 0.519. The molecule has 3 rings (SSSR count). The van der Waals surface area contributed by atoms with Gasteiger partial charge in [0.2, 0.25) is 17.7 Å². The van der Waals surface area contributed by atoms with Crippen LogP contribution in [0.15, 0.2) is 54.7 Å². The molecule has 4 atom stereocenters. The zero-order valence-electron chi connectivity index (χ0n) is 24.7. The zero-order valence-corrected chi connectivity index (χ0v) is 24.7. The lowest BCUT2D eigenvalue weighted by Crippen LogP contribution is -2.57. The summed E-state index contributed by atoms with van der Waals surface area (Å²) < 4.78 is 0. The van der Waals surface area contributed by atoms with Crippen LogP contribution in [-0.4, -0.2) is 80.7 Å². The molecule has 0 radical (unpaired) electrons. The molecule has 3 amide bonds. The van der Waals surface area contributed by atoms with Gasteiger partial charge in [-0.25, -0.2) is 4.79 Å². The van der Waals surface area contributed by atoms with E-state index < -0.39 is 60.2 Å². The van der Waals surface area contributed by atoms with Crippen molar-refractivity contribution in [1.29, 1.82) is 0 Å². The summed E-state index contributed by atoms with van der Waals surface area (Å²) in [7, 11) is 0. The largest absolute Gasteiger partial charge is 0.508 e. The number of para-hydroxylation sites is 1. The van der Waals surface area contributed by atoms with Gasteiger partial charge in [-0.3, -0.25) is 19.2 Å². The van der Waals surface area contributed by atoms with Crippen molar-refractivity contribution in [3.05, 3.63) is 65.9 Å². The fourth-order valence-corrected chi connectivity index (χ4v) is 4.82. The van der Waals surface area contributed by atoms with E-state index in [9.17, 15) is 39.3 Å². The third-order valence-corrected chi connectivity index (χ3v) is 7.30. The number of carbonyl (C=O) groups is 5. The van der Waals surface area contributed by atoms with Gasteiger partial charge in [-0.05, 0) is 68.0 Å². The normalized spacial score (nSPS) is 13.7. The molecule has 0 aliphatic carbocycles. The van der Waals surface area contributed by atoms with Crippen molar-refractivity contribution in [3.63, 3.8) is 0 Å². The molecule has 0 saturated heterocycles. The van der Waals surface area contributed by atoms with E-state index in [1.54, 1.807) is 6.20 Å². The van der Waals surface area contributed by atoms with Crippen molar-refractivity contribution in [2.45, 2.75) is 69.1 Å². The fourth-order valence-electron chi connectivity index (χ4n) is 4.82. The number of carboxylic acid groups (broad SMARTS) is 2. The van der Waals surface area contributed by atoms with E-state index in [0.717, 1.165) is 16.5 Å². The Morgan fingerprint density at radius 3 is 2.04 bits per heavy atom. The number of rotatable bonds is 18. The Morgan fingerprint density at radius 2 is 1.40 bits per heavy atom. The van der Waals surface area contributed by atoms with Gasteiger partial charge < -0.3 is 47.7 Å². The van der Waals surface area contributed by atoms with Crippen LogP contribution in [0.1, 0.15) is 43.2 Å². The minimum absolute atomic E-state index is 0.000745. The van der Waals surface area contributed by atoms with E-state index in [-0.39, 0.29) is 31.4 Å². The summed E-state index contributed by atoms with van der Waals surface area (Å²) in [5.74, 6) is -4.77. The first-order chi connectivity index (χ1) is 21.5. The highest BCUT2D eigenvalue weighted by molar-refractivity contribution is 5.94. The Labute approximate surface area is 259 Å². The molecule has 1 aromatic heterocycles. The van der Waals surface area contributed by atoms with Gasteiger partial charge in [0.1, 0.15) is 23.9 Å². The Bertz CT molecular complexity index is 1470. The summed E-state index contributed by atoms with van der Waals surface area (Å²) in [6.45, 7) is 0.326. The number of carbonyl (C=O) groups excluding carboxylic acids is 3. The lowest BCUT2D eigenvalue weighted by molar-refractivity contribution is -0.142. The highest BCUT2D eigenvalue weighted by Crippen LogP contribution is 2.19. The van der Waals surface area contributed by atoms with E-state index in [1.807, 2.05) is 24.3 Å². The van der Waals surface area contributed by atoms with E-state index in [2.05, 4.69) is 20.9 Å². The number of aromatic nitrogens is 1. The van der Waals surface area contributed by atoms with Crippen molar-refractivity contribution < 1.29 is 39.3 Å². The number of aromatic amines is 1. The summed E-state index contributed by atoms with van der Waals surface area (Å²) in [5, 5.41) is 36.9.